The highest BCUT2D eigenvalue weighted by molar-refractivity contribution is 5.78. The molecule has 0 bridgehead atoms. The maximum absolute atomic E-state index is 10.9. The van der Waals surface area contributed by atoms with Crippen molar-refractivity contribution in [2.24, 2.45) is 11.8 Å². The van der Waals surface area contributed by atoms with Gasteiger partial charge in [0.15, 0.2) is 0 Å². The van der Waals surface area contributed by atoms with Crippen molar-refractivity contribution in [3.63, 3.8) is 0 Å². The van der Waals surface area contributed by atoms with Gasteiger partial charge >= 0.3 is 0 Å². The smallest absolute Gasteiger partial charge is 0.133 e. The van der Waals surface area contributed by atoms with E-state index in [1.165, 1.54) is 12.8 Å². The number of ketones is 1. The highest BCUT2D eigenvalue weighted by atomic mass is 16.1. The second-order valence-corrected chi connectivity index (χ2v) is 3.13. The minimum Gasteiger partial charge on any atom is -0.300 e. The number of rotatable bonds is 1. The molecular weight excluding hydrogens is 112 g/mol. The van der Waals surface area contributed by atoms with Crippen LogP contribution in [0.4, 0.5) is 0 Å². The lowest BCUT2D eigenvalue weighted by molar-refractivity contribution is -0.121. The van der Waals surface area contributed by atoms with Crippen molar-refractivity contribution in [2.75, 3.05) is 0 Å². The van der Waals surface area contributed by atoms with Crippen LogP contribution in [-0.2, 0) is 4.79 Å². The fourth-order valence-electron chi connectivity index (χ4n) is 1.75. The second kappa shape index (κ2) is 2.51. The van der Waals surface area contributed by atoms with E-state index in [-0.39, 0.29) is 0 Å². The standard InChI is InChI=1S/C8H14O/c1-6-4-3-5-8(6)7(2)9/h6,8H,3-5H2,1-2H3/t6?,8-/m1/s1. The number of hydrogen-bond donors (Lipinski definition) is 0. The maximum Gasteiger partial charge on any atom is 0.133 e. The zero-order valence-electron chi connectivity index (χ0n) is 6.18. The van der Waals surface area contributed by atoms with E-state index in [1.54, 1.807) is 6.92 Å². The fourth-order valence-corrected chi connectivity index (χ4v) is 1.75. The van der Waals surface area contributed by atoms with Gasteiger partial charge in [0.05, 0.1) is 0 Å². The van der Waals surface area contributed by atoms with E-state index in [4.69, 9.17) is 0 Å². The summed E-state index contributed by atoms with van der Waals surface area (Å²) >= 11 is 0. The summed E-state index contributed by atoms with van der Waals surface area (Å²) in [7, 11) is 0. The van der Waals surface area contributed by atoms with Crippen LogP contribution in [0, 0.1) is 11.8 Å². The van der Waals surface area contributed by atoms with Gasteiger partial charge in [-0.3, -0.25) is 4.79 Å². The van der Waals surface area contributed by atoms with Crippen LogP contribution in [0.5, 0.6) is 0 Å². The average Bonchev–Trinajstić information content (AvgIpc) is 2.13. The van der Waals surface area contributed by atoms with Gasteiger partial charge in [-0.1, -0.05) is 13.3 Å². The largest absolute Gasteiger partial charge is 0.300 e. The van der Waals surface area contributed by atoms with Gasteiger partial charge in [0.2, 0.25) is 0 Å². The van der Waals surface area contributed by atoms with Crippen LogP contribution in [-0.4, -0.2) is 5.78 Å². The lowest BCUT2D eigenvalue weighted by Gasteiger charge is -2.09. The van der Waals surface area contributed by atoms with Crippen molar-refractivity contribution < 1.29 is 4.79 Å². The molecule has 0 radical (unpaired) electrons. The molecule has 0 aromatic carbocycles. The molecule has 1 fully saturated rings. The molecule has 9 heavy (non-hydrogen) atoms. The zero-order valence-corrected chi connectivity index (χ0v) is 6.18. The topological polar surface area (TPSA) is 17.1 Å². The number of hydrogen-bond acceptors (Lipinski definition) is 1. The summed E-state index contributed by atoms with van der Waals surface area (Å²) in [5.41, 5.74) is 0. The Hall–Kier alpha value is -0.330. The Labute approximate surface area is 56.4 Å². The SMILES string of the molecule is CC(=O)[C@@H]1CCCC1C. The Morgan fingerprint density at radius 1 is 1.44 bits per heavy atom. The first-order valence-corrected chi connectivity index (χ1v) is 3.72. The van der Waals surface area contributed by atoms with E-state index in [2.05, 4.69) is 6.92 Å². The molecule has 0 N–H and O–H groups in total. The van der Waals surface area contributed by atoms with Gasteiger partial charge in [-0.15, -0.1) is 0 Å². The Morgan fingerprint density at radius 3 is 2.33 bits per heavy atom. The Balaban J connectivity index is 2.49. The van der Waals surface area contributed by atoms with E-state index in [9.17, 15) is 4.79 Å². The number of Topliss-reactive ketones (excluding diaryl/α,β-unsaturated/α-hetero) is 1. The van der Waals surface area contributed by atoms with Crippen molar-refractivity contribution in [1.29, 1.82) is 0 Å². The van der Waals surface area contributed by atoms with Crippen molar-refractivity contribution in [2.45, 2.75) is 33.1 Å². The molecule has 1 saturated carbocycles. The second-order valence-electron chi connectivity index (χ2n) is 3.13. The Morgan fingerprint density at radius 2 is 2.11 bits per heavy atom. The van der Waals surface area contributed by atoms with E-state index >= 15 is 0 Å². The summed E-state index contributed by atoms with van der Waals surface area (Å²) < 4.78 is 0. The molecule has 2 atom stereocenters. The Kier molecular flexibility index (Phi) is 1.89. The van der Waals surface area contributed by atoms with Gasteiger partial charge in [0.1, 0.15) is 5.78 Å². The molecule has 1 aliphatic carbocycles. The van der Waals surface area contributed by atoms with Crippen LogP contribution in [0.3, 0.4) is 0 Å². The molecule has 1 rings (SSSR count). The van der Waals surface area contributed by atoms with E-state index in [0.717, 1.165) is 6.42 Å². The van der Waals surface area contributed by atoms with E-state index in [0.29, 0.717) is 17.6 Å². The Bertz CT molecular complexity index is 118. The van der Waals surface area contributed by atoms with Crippen LogP contribution in [0.25, 0.3) is 0 Å². The third-order valence-corrected chi connectivity index (χ3v) is 2.38. The van der Waals surface area contributed by atoms with Crippen molar-refractivity contribution in [3.8, 4) is 0 Å². The minimum atomic E-state index is 0.389. The number of carbonyl (C=O) groups is 1. The molecule has 52 valence electrons. The van der Waals surface area contributed by atoms with Crippen LogP contribution in [0.1, 0.15) is 33.1 Å². The van der Waals surface area contributed by atoms with Gasteiger partial charge in [0, 0.05) is 5.92 Å². The first-order valence-electron chi connectivity index (χ1n) is 3.72. The predicted octanol–water partition coefficient (Wildman–Crippen LogP) is 2.01. The van der Waals surface area contributed by atoms with Gasteiger partial charge in [-0.2, -0.15) is 0 Å². The first-order chi connectivity index (χ1) is 4.22. The monoisotopic (exact) mass is 126 g/mol. The number of carbonyl (C=O) groups excluding carboxylic acids is 1. The summed E-state index contributed by atoms with van der Waals surface area (Å²) in [5, 5.41) is 0. The lowest BCUT2D eigenvalue weighted by Crippen LogP contribution is -2.12. The highest BCUT2D eigenvalue weighted by Crippen LogP contribution is 2.31. The summed E-state index contributed by atoms with van der Waals surface area (Å²) in [6, 6.07) is 0. The highest BCUT2D eigenvalue weighted by Gasteiger charge is 2.26. The molecule has 0 amide bonds. The lowest BCUT2D eigenvalue weighted by atomic mass is 9.95. The van der Waals surface area contributed by atoms with Crippen molar-refractivity contribution in [3.05, 3.63) is 0 Å². The van der Waals surface area contributed by atoms with Gasteiger partial charge in [0.25, 0.3) is 0 Å². The molecule has 0 aliphatic heterocycles. The van der Waals surface area contributed by atoms with Gasteiger partial charge in [-0.25, -0.2) is 0 Å². The maximum atomic E-state index is 10.9. The molecule has 0 heterocycles. The zero-order chi connectivity index (χ0) is 6.85. The van der Waals surface area contributed by atoms with E-state index in [1.807, 2.05) is 0 Å². The molecule has 1 heteroatoms. The summed E-state index contributed by atoms with van der Waals surface area (Å²) in [4.78, 5) is 10.9. The molecule has 0 aromatic rings. The van der Waals surface area contributed by atoms with E-state index < -0.39 is 0 Å². The fraction of sp³-hybridized carbons (Fsp3) is 0.875. The molecule has 0 aromatic heterocycles. The summed E-state index contributed by atoms with van der Waals surface area (Å²) in [6.07, 6.45) is 3.64. The minimum absolute atomic E-state index is 0.389. The molecule has 1 nitrogen and oxygen atoms in total. The summed E-state index contributed by atoms with van der Waals surface area (Å²) in [6.45, 7) is 3.89. The van der Waals surface area contributed by atoms with Crippen LogP contribution in [0.2, 0.25) is 0 Å². The first kappa shape index (κ1) is 6.79. The van der Waals surface area contributed by atoms with Gasteiger partial charge in [-0.05, 0) is 25.7 Å². The van der Waals surface area contributed by atoms with Crippen LogP contribution < -0.4 is 0 Å². The molecule has 0 saturated heterocycles. The third-order valence-electron chi connectivity index (χ3n) is 2.38. The van der Waals surface area contributed by atoms with Crippen molar-refractivity contribution in [1.82, 2.24) is 0 Å². The molecule has 1 aliphatic rings. The summed E-state index contributed by atoms with van der Waals surface area (Å²) in [5.74, 6) is 1.44. The predicted molar refractivity (Wildman–Crippen MR) is 37.2 cm³/mol. The molecule has 0 spiro atoms. The normalized spacial score (nSPS) is 34.9. The molecule has 1 unspecified atom stereocenters. The third kappa shape index (κ3) is 1.32. The quantitative estimate of drug-likeness (QED) is 0.525. The van der Waals surface area contributed by atoms with Crippen LogP contribution >= 0.6 is 0 Å². The molecular formula is C8H14O. The van der Waals surface area contributed by atoms with Crippen LogP contribution in [0.15, 0.2) is 0 Å². The average molecular weight is 126 g/mol. The van der Waals surface area contributed by atoms with Gasteiger partial charge < -0.3 is 0 Å². The van der Waals surface area contributed by atoms with Crippen molar-refractivity contribution >= 4 is 5.78 Å².